The van der Waals surface area contributed by atoms with Crippen molar-refractivity contribution in [3.05, 3.63) is 58.8 Å². The molecule has 0 bridgehead atoms. The van der Waals surface area contributed by atoms with Crippen LogP contribution in [0.2, 0.25) is 0 Å². The van der Waals surface area contributed by atoms with Gasteiger partial charge in [0.05, 0.1) is 23.7 Å². The topological polar surface area (TPSA) is 72.3 Å². The van der Waals surface area contributed by atoms with Crippen LogP contribution in [-0.4, -0.2) is 51.2 Å². The van der Waals surface area contributed by atoms with Crippen LogP contribution in [0.1, 0.15) is 52.4 Å². The van der Waals surface area contributed by atoms with Gasteiger partial charge in [-0.15, -0.1) is 0 Å². The van der Waals surface area contributed by atoms with E-state index in [1.165, 1.54) is 0 Å². The summed E-state index contributed by atoms with van der Waals surface area (Å²) in [5.41, 5.74) is 1.15. The molecule has 1 fully saturated rings. The molecule has 1 aromatic carbocycles. The number of hydrogen-bond acceptors (Lipinski definition) is 6. The molecule has 0 amide bonds. The Hall–Kier alpha value is -2.77. The second-order valence-corrected chi connectivity index (χ2v) is 8.70. The van der Waals surface area contributed by atoms with Gasteiger partial charge in [-0.1, -0.05) is 0 Å². The Kier molecular flexibility index (Phi) is 6.86. The van der Waals surface area contributed by atoms with Crippen LogP contribution in [0.5, 0.6) is 5.75 Å². The van der Waals surface area contributed by atoms with Crippen molar-refractivity contribution in [3.8, 4) is 11.4 Å². The second-order valence-electron chi connectivity index (χ2n) is 8.70. The number of hydrogen-bond donors (Lipinski definition) is 1. The fourth-order valence-electron chi connectivity index (χ4n) is 4.44. The minimum atomic E-state index is -0.106. The Morgan fingerprint density at radius 1 is 1.12 bits per heavy atom. The van der Waals surface area contributed by atoms with E-state index in [-0.39, 0.29) is 11.6 Å². The van der Waals surface area contributed by atoms with Crippen molar-refractivity contribution in [1.29, 1.82) is 0 Å². The Morgan fingerprint density at radius 2 is 1.84 bits per heavy atom. The smallest absolute Gasteiger partial charge is 0.267 e. The number of rotatable bonds is 7. The molecule has 32 heavy (non-hydrogen) atoms. The number of likely N-dealkylation sites (tertiary alicyclic amines) is 1. The maximum absolute atomic E-state index is 13.5. The molecule has 0 saturated carbocycles. The van der Waals surface area contributed by atoms with Gasteiger partial charge in [0.2, 0.25) is 0 Å². The molecule has 2 aromatic heterocycles. The van der Waals surface area contributed by atoms with Gasteiger partial charge in [0, 0.05) is 18.3 Å². The third-order valence-electron chi connectivity index (χ3n) is 6.21. The maximum atomic E-state index is 13.5. The van der Waals surface area contributed by atoms with Crippen LogP contribution in [0.4, 0.5) is 0 Å². The SMILES string of the molecule is CCOc1ccc(-n2c(C(C)NC3CCN(C(C)C)CC3)nc3ncccc3c2=O)cc1. The van der Waals surface area contributed by atoms with E-state index in [9.17, 15) is 4.79 Å². The molecule has 170 valence electrons. The van der Waals surface area contributed by atoms with Gasteiger partial charge in [0.1, 0.15) is 11.6 Å². The minimum absolute atomic E-state index is 0.101. The van der Waals surface area contributed by atoms with Gasteiger partial charge < -0.3 is 15.0 Å². The molecule has 4 rings (SSSR count). The molecule has 7 nitrogen and oxygen atoms in total. The third kappa shape index (κ3) is 4.69. The summed E-state index contributed by atoms with van der Waals surface area (Å²) < 4.78 is 7.28. The molecule has 1 atom stereocenters. The van der Waals surface area contributed by atoms with Crippen LogP contribution in [-0.2, 0) is 0 Å². The zero-order chi connectivity index (χ0) is 22.7. The van der Waals surface area contributed by atoms with E-state index in [1.54, 1.807) is 22.9 Å². The molecular weight excluding hydrogens is 402 g/mol. The fourth-order valence-corrected chi connectivity index (χ4v) is 4.44. The second kappa shape index (κ2) is 9.79. The summed E-state index contributed by atoms with van der Waals surface area (Å²) in [5.74, 6) is 1.46. The number of fused-ring (bicyclic) bond motifs is 1. The number of nitrogens with one attached hydrogen (secondary N) is 1. The average Bonchev–Trinajstić information content (AvgIpc) is 2.80. The van der Waals surface area contributed by atoms with Gasteiger partial charge in [-0.2, -0.15) is 0 Å². The van der Waals surface area contributed by atoms with Gasteiger partial charge in [-0.05, 0) is 90.0 Å². The first kappa shape index (κ1) is 22.4. The van der Waals surface area contributed by atoms with E-state index in [0.717, 1.165) is 37.4 Å². The first-order chi connectivity index (χ1) is 15.5. The van der Waals surface area contributed by atoms with Gasteiger partial charge in [-0.3, -0.25) is 9.36 Å². The normalized spacial score (nSPS) is 16.5. The molecule has 0 radical (unpaired) electrons. The number of ether oxygens (including phenoxy) is 1. The van der Waals surface area contributed by atoms with E-state index in [1.807, 2.05) is 31.2 Å². The van der Waals surface area contributed by atoms with Crippen LogP contribution >= 0.6 is 0 Å². The largest absolute Gasteiger partial charge is 0.494 e. The number of aromatic nitrogens is 3. The highest BCUT2D eigenvalue weighted by Gasteiger charge is 2.25. The Labute approximate surface area is 189 Å². The predicted octanol–water partition coefficient (Wildman–Crippen LogP) is 3.70. The van der Waals surface area contributed by atoms with Crippen LogP contribution in [0.15, 0.2) is 47.4 Å². The van der Waals surface area contributed by atoms with E-state index in [0.29, 0.717) is 35.5 Å². The van der Waals surface area contributed by atoms with Gasteiger partial charge >= 0.3 is 0 Å². The maximum Gasteiger partial charge on any atom is 0.267 e. The van der Waals surface area contributed by atoms with Crippen LogP contribution in [0.3, 0.4) is 0 Å². The van der Waals surface area contributed by atoms with Crippen molar-refractivity contribution < 1.29 is 4.74 Å². The Balaban J connectivity index is 1.68. The van der Waals surface area contributed by atoms with Crippen LogP contribution in [0, 0.1) is 0 Å². The van der Waals surface area contributed by atoms with E-state index >= 15 is 0 Å². The Morgan fingerprint density at radius 3 is 2.50 bits per heavy atom. The number of benzene rings is 1. The summed E-state index contributed by atoms with van der Waals surface area (Å²) in [7, 11) is 0. The average molecular weight is 436 g/mol. The lowest BCUT2D eigenvalue weighted by Crippen LogP contribution is -2.46. The van der Waals surface area contributed by atoms with Crippen LogP contribution in [0.25, 0.3) is 16.7 Å². The van der Waals surface area contributed by atoms with Gasteiger partial charge in [0.15, 0.2) is 5.65 Å². The van der Waals surface area contributed by atoms with Crippen molar-refractivity contribution >= 4 is 11.0 Å². The zero-order valence-electron chi connectivity index (χ0n) is 19.4. The standard InChI is InChI=1S/C25H33N5O2/c1-5-32-21-10-8-20(9-11-21)30-24(28-23-22(25(30)31)7-6-14-26-23)18(4)27-19-12-15-29(16-13-19)17(2)3/h6-11,14,17-19,27H,5,12-13,15-16H2,1-4H3. The lowest BCUT2D eigenvalue weighted by Gasteiger charge is -2.36. The van der Waals surface area contributed by atoms with Gasteiger partial charge in [-0.25, -0.2) is 9.97 Å². The molecule has 1 saturated heterocycles. The van der Waals surface area contributed by atoms with Crippen molar-refractivity contribution in [2.75, 3.05) is 19.7 Å². The molecule has 1 N–H and O–H groups in total. The van der Waals surface area contributed by atoms with E-state index in [2.05, 4.69) is 36.0 Å². The molecule has 0 spiro atoms. The van der Waals surface area contributed by atoms with Crippen molar-refractivity contribution in [2.24, 2.45) is 0 Å². The first-order valence-corrected chi connectivity index (χ1v) is 11.6. The highest BCUT2D eigenvalue weighted by molar-refractivity contribution is 5.73. The summed E-state index contributed by atoms with van der Waals surface area (Å²) in [6, 6.07) is 12.0. The molecule has 1 unspecified atom stereocenters. The summed E-state index contributed by atoms with van der Waals surface area (Å²) in [4.78, 5) is 25.2. The molecule has 0 aliphatic carbocycles. The van der Waals surface area contributed by atoms with Crippen molar-refractivity contribution in [3.63, 3.8) is 0 Å². The molecule has 1 aliphatic rings. The lowest BCUT2D eigenvalue weighted by molar-refractivity contribution is 0.156. The number of piperidine rings is 1. The summed E-state index contributed by atoms with van der Waals surface area (Å²) in [6.07, 6.45) is 3.85. The number of pyridine rings is 1. The molecule has 3 heterocycles. The van der Waals surface area contributed by atoms with E-state index in [4.69, 9.17) is 9.72 Å². The quantitative estimate of drug-likeness (QED) is 0.610. The van der Waals surface area contributed by atoms with Crippen molar-refractivity contribution in [1.82, 2.24) is 24.8 Å². The fraction of sp³-hybridized carbons (Fsp3) is 0.480. The molecule has 3 aromatic rings. The van der Waals surface area contributed by atoms with E-state index < -0.39 is 0 Å². The third-order valence-corrected chi connectivity index (χ3v) is 6.21. The number of nitrogens with zero attached hydrogens (tertiary/aromatic N) is 4. The zero-order valence-corrected chi connectivity index (χ0v) is 19.4. The van der Waals surface area contributed by atoms with Crippen LogP contribution < -0.4 is 15.6 Å². The Bertz CT molecular complexity index is 1100. The lowest BCUT2D eigenvalue weighted by atomic mass is 10.0. The van der Waals surface area contributed by atoms with Gasteiger partial charge in [0.25, 0.3) is 5.56 Å². The highest BCUT2D eigenvalue weighted by atomic mass is 16.5. The summed E-state index contributed by atoms with van der Waals surface area (Å²) in [6.45, 7) is 11.3. The summed E-state index contributed by atoms with van der Waals surface area (Å²) >= 11 is 0. The first-order valence-electron chi connectivity index (χ1n) is 11.6. The monoisotopic (exact) mass is 435 g/mol. The molecule has 7 heteroatoms. The highest BCUT2D eigenvalue weighted by Crippen LogP contribution is 2.22. The molecule has 1 aliphatic heterocycles. The minimum Gasteiger partial charge on any atom is -0.494 e. The van der Waals surface area contributed by atoms with Crippen molar-refractivity contribution in [2.45, 2.75) is 58.7 Å². The predicted molar refractivity (Wildman–Crippen MR) is 128 cm³/mol. The molecular formula is C25H33N5O2. The summed E-state index contributed by atoms with van der Waals surface area (Å²) in [5, 5.41) is 4.24.